The van der Waals surface area contributed by atoms with Crippen LogP contribution in [0.3, 0.4) is 0 Å². The monoisotopic (exact) mass is 311 g/mol. The number of rotatable bonds is 6. The minimum atomic E-state index is -0.225. The molecular weight excluding hydrogens is 290 g/mol. The summed E-state index contributed by atoms with van der Waals surface area (Å²) in [5.74, 6) is -0.225. The summed E-state index contributed by atoms with van der Waals surface area (Å²) in [4.78, 5) is 24.0. The van der Waals surface area contributed by atoms with E-state index in [9.17, 15) is 9.59 Å². The molecule has 0 saturated heterocycles. The average Bonchev–Trinajstić information content (AvgIpc) is 3.37. The molecule has 1 N–H and O–H groups in total. The molecule has 0 radical (unpaired) electrons. The molecule has 1 aromatic heterocycles. The normalized spacial score (nSPS) is 15.2. The first kappa shape index (κ1) is 15.5. The number of carbonyl (C=O) groups is 1. The fourth-order valence-electron chi connectivity index (χ4n) is 2.79. The largest absolute Gasteiger partial charge is 0.350 e. The third kappa shape index (κ3) is 3.33. The van der Waals surface area contributed by atoms with E-state index in [1.807, 2.05) is 25.1 Å². The highest BCUT2D eigenvalue weighted by Crippen LogP contribution is 2.47. The number of hydrogen-bond donors (Lipinski definition) is 1. The Morgan fingerprint density at radius 3 is 2.61 bits per heavy atom. The molecule has 1 heterocycles. The van der Waals surface area contributed by atoms with E-state index in [0.717, 1.165) is 19.3 Å². The van der Waals surface area contributed by atoms with Crippen LogP contribution in [0, 0.1) is 0 Å². The number of aryl methyl sites for hydroxylation is 1. The Balaban J connectivity index is 1.68. The molecule has 0 bridgehead atoms. The predicted molar refractivity (Wildman–Crippen MR) is 88.5 cm³/mol. The van der Waals surface area contributed by atoms with Crippen molar-refractivity contribution in [3.63, 3.8) is 0 Å². The fourth-order valence-corrected chi connectivity index (χ4v) is 2.79. The molecule has 23 heavy (non-hydrogen) atoms. The molecule has 0 spiro atoms. The van der Waals surface area contributed by atoms with E-state index in [2.05, 4.69) is 22.5 Å². The number of benzene rings is 1. The molecule has 1 amide bonds. The molecule has 120 valence electrons. The summed E-state index contributed by atoms with van der Waals surface area (Å²) in [5.41, 5.74) is 1.45. The van der Waals surface area contributed by atoms with Gasteiger partial charge >= 0.3 is 0 Å². The molecule has 1 fully saturated rings. The van der Waals surface area contributed by atoms with Crippen molar-refractivity contribution in [3.05, 3.63) is 64.1 Å². The van der Waals surface area contributed by atoms with Crippen molar-refractivity contribution >= 4 is 5.91 Å². The van der Waals surface area contributed by atoms with E-state index in [-0.39, 0.29) is 16.9 Å². The molecule has 3 rings (SSSR count). The lowest BCUT2D eigenvalue weighted by molar-refractivity contribution is 0.0942. The van der Waals surface area contributed by atoms with Crippen LogP contribution in [0.15, 0.2) is 47.3 Å². The summed E-state index contributed by atoms with van der Waals surface area (Å²) >= 11 is 0. The van der Waals surface area contributed by atoms with E-state index in [1.54, 1.807) is 0 Å². The van der Waals surface area contributed by atoms with E-state index in [4.69, 9.17) is 0 Å². The summed E-state index contributed by atoms with van der Waals surface area (Å²) in [6, 6.07) is 13.2. The van der Waals surface area contributed by atoms with Crippen molar-refractivity contribution in [2.75, 3.05) is 6.54 Å². The Bertz CT molecular complexity index is 748. The van der Waals surface area contributed by atoms with Crippen LogP contribution in [-0.2, 0) is 12.0 Å². The second-order valence-electron chi connectivity index (χ2n) is 6.11. The maximum atomic E-state index is 12.3. The molecule has 0 aliphatic heterocycles. The summed E-state index contributed by atoms with van der Waals surface area (Å²) < 4.78 is 1.35. The van der Waals surface area contributed by atoms with Crippen LogP contribution in [0.1, 0.15) is 42.2 Å². The second-order valence-corrected chi connectivity index (χ2v) is 6.11. The summed E-state index contributed by atoms with van der Waals surface area (Å²) in [6.07, 6.45) is 2.97. The second kappa shape index (κ2) is 6.36. The maximum Gasteiger partial charge on any atom is 0.271 e. The lowest BCUT2D eigenvalue weighted by atomic mass is 9.96. The predicted octanol–water partition coefficient (Wildman–Crippen LogP) is 2.11. The molecule has 0 unspecified atom stereocenters. The van der Waals surface area contributed by atoms with Gasteiger partial charge in [0.25, 0.3) is 11.5 Å². The van der Waals surface area contributed by atoms with Gasteiger partial charge in [0.2, 0.25) is 0 Å². The van der Waals surface area contributed by atoms with E-state index < -0.39 is 0 Å². The highest BCUT2D eigenvalue weighted by Gasteiger charge is 2.44. The standard InChI is InChI=1S/C18H21N3O2/c1-2-12-21-16(22)9-8-15(20-21)17(23)19-13-18(10-11-18)14-6-4-3-5-7-14/h3-9H,2,10-13H2,1H3,(H,19,23). The van der Waals surface area contributed by atoms with Crippen LogP contribution >= 0.6 is 0 Å². The van der Waals surface area contributed by atoms with Crippen molar-refractivity contribution in [2.24, 2.45) is 0 Å². The zero-order valence-electron chi connectivity index (χ0n) is 13.3. The molecule has 1 aromatic carbocycles. The molecule has 5 nitrogen and oxygen atoms in total. The maximum absolute atomic E-state index is 12.3. The highest BCUT2D eigenvalue weighted by molar-refractivity contribution is 5.92. The van der Waals surface area contributed by atoms with Gasteiger partial charge in [-0.3, -0.25) is 9.59 Å². The SMILES string of the molecule is CCCn1nc(C(=O)NCC2(c3ccccc3)CC2)ccc1=O. The fraction of sp³-hybridized carbons (Fsp3) is 0.389. The van der Waals surface area contributed by atoms with Gasteiger partial charge in [-0.2, -0.15) is 5.10 Å². The van der Waals surface area contributed by atoms with Gasteiger partial charge in [0.15, 0.2) is 0 Å². The van der Waals surface area contributed by atoms with Crippen LogP contribution < -0.4 is 10.9 Å². The third-order valence-corrected chi connectivity index (χ3v) is 4.36. The van der Waals surface area contributed by atoms with Crippen LogP contribution in [0.25, 0.3) is 0 Å². The molecule has 0 atom stereocenters. The summed E-state index contributed by atoms with van der Waals surface area (Å²) in [5, 5.41) is 7.12. The molecule has 1 aliphatic rings. The third-order valence-electron chi connectivity index (χ3n) is 4.36. The average molecular weight is 311 g/mol. The van der Waals surface area contributed by atoms with Crippen molar-refractivity contribution < 1.29 is 4.79 Å². The number of hydrogen-bond acceptors (Lipinski definition) is 3. The minimum absolute atomic E-state index is 0.0643. The molecular formula is C18H21N3O2. The lowest BCUT2D eigenvalue weighted by Gasteiger charge is -2.16. The van der Waals surface area contributed by atoms with E-state index >= 15 is 0 Å². The lowest BCUT2D eigenvalue weighted by Crippen LogP contribution is -2.34. The zero-order chi connectivity index (χ0) is 16.3. The van der Waals surface area contributed by atoms with Crippen LogP contribution in [-0.4, -0.2) is 22.2 Å². The first-order valence-electron chi connectivity index (χ1n) is 8.06. The number of carbonyl (C=O) groups excluding carboxylic acids is 1. The highest BCUT2D eigenvalue weighted by atomic mass is 16.2. The van der Waals surface area contributed by atoms with Crippen molar-refractivity contribution in [1.82, 2.24) is 15.1 Å². The number of nitrogens with one attached hydrogen (secondary N) is 1. The molecule has 1 aliphatic carbocycles. The van der Waals surface area contributed by atoms with Gasteiger partial charge in [-0.25, -0.2) is 4.68 Å². The Hall–Kier alpha value is -2.43. The van der Waals surface area contributed by atoms with Gasteiger partial charge in [0.1, 0.15) is 5.69 Å². The zero-order valence-corrected chi connectivity index (χ0v) is 13.3. The van der Waals surface area contributed by atoms with Crippen LogP contribution in [0.5, 0.6) is 0 Å². The van der Waals surface area contributed by atoms with Crippen molar-refractivity contribution in [3.8, 4) is 0 Å². The Labute approximate surface area is 135 Å². The van der Waals surface area contributed by atoms with Gasteiger partial charge in [-0.05, 0) is 30.9 Å². The van der Waals surface area contributed by atoms with Gasteiger partial charge in [-0.1, -0.05) is 37.3 Å². The van der Waals surface area contributed by atoms with E-state index in [1.165, 1.54) is 22.4 Å². The number of amides is 1. The summed E-state index contributed by atoms with van der Waals surface area (Å²) in [7, 11) is 0. The molecule has 2 aromatic rings. The molecule has 5 heteroatoms. The molecule has 1 saturated carbocycles. The Kier molecular flexibility index (Phi) is 4.28. The van der Waals surface area contributed by atoms with Gasteiger partial charge in [-0.15, -0.1) is 0 Å². The van der Waals surface area contributed by atoms with Gasteiger partial charge < -0.3 is 5.32 Å². The first-order valence-corrected chi connectivity index (χ1v) is 8.06. The van der Waals surface area contributed by atoms with E-state index in [0.29, 0.717) is 18.8 Å². The van der Waals surface area contributed by atoms with Crippen molar-refractivity contribution in [1.29, 1.82) is 0 Å². The smallest absolute Gasteiger partial charge is 0.271 e. The summed E-state index contributed by atoms with van der Waals surface area (Å²) in [6.45, 7) is 3.09. The quantitative estimate of drug-likeness (QED) is 0.888. The van der Waals surface area contributed by atoms with Crippen LogP contribution in [0.2, 0.25) is 0 Å². The number of nitrogens with zero attached hydrogens (tertiary/aromatic N) is 2. The van der Waals surface area contributed by atoms with Gasteiger partial charge in [0.05, 0.1) is 0 Å². The topological polar surface area (TPSA) is 64.0 Å². The van der Waals surface area contributed by atoms with Gasteiger partial charge in [0, 0.05) is 24.6 Å². The Morgan fingerprint density at radius 1 is 1.22 bits per heavy atom. The van der Waals surface area contributed by atoms with Crippen molar-refractivity contribution in [2.45, 2.75) is 38.1 Å². The first-order chi connectivity index (χ1) is 11.1. The number of aromatic nitrogens is 2. The Morgan fingerprint density at radius 2 is 1.96 bits per heavy atom. The van der Waals surface area contributed by atoms with Crippen LogP contribution in [0.4, 0.5) is 0 Å². The minimum Gasteiger partial charge on any atom is -0.350 e.